The van der Waals surface area contributed by atoms with Crippen LogP contribution in [-0.4, -0.2) is 23.3 Å². The monoisotopic (exact) mass is 376 g/mol. The minimum absolute atomic E-state index is 0.255. The van der Waals surface area contributed by atoms with E-state index >= 15 is 0 Å². The first-order valence-electron chi connectivity index (χ1n) is 11.1. The molecule has 1 aliphatic rings. The molecule has 0 aromatic carbocycles. The van der Waals surface area contributed by atoms with Crippen molar-refractivity contribution in [1.82, 2.24) is 0 Å². The van der Waals surface area contributed by atoms with Crippen LogP contribution < -0.4 is 0 Å². The molecule has 154 valence electrons. The van der Waals surface area contributed by atoms with E-state index in [2.05, 4.69) is 43.4 Å². The zero-order valence-corrected chi connectivity index (χ0v) is 17.3. The van der Waals surface area contributed by atoms with Gasteiger partial charge in [0.2, 0.25) is 0 Å². The normalized spacial score (nSPS) is 19.6. The molecule has 3 heteroatoms. The number of unbranched alkanes of at least 4 members (excludes halogenated alkanes) is 8. The van der Waals surface area contributed by atoms with Crippen LogP contribution in [0.4, 0.5) is 0 Å². The minimum Gasteiger partial charge on any atom is -0.481 e. The fraction of sp³-hybridized carbons (Fsp3) is 0.708. The molecule has 0 spiro atoms. The molecule has 1 aliphatic heterocycles. The zero-order chi connectivity index (χ0) is 19.6. The number of carboxylic acids is 1. The summed E-state index contributed by atoms with van der Waals surface area (Å²) in [4.78, 5) is 10.4. The maximum atomic E-state index is 10.4. The largest absolute Gasteiger partial charge is 0.481 e. The van der Waals surface area contributed by atoms with Crippen molar-refractivity contribution in [3.8, 4) is 0 Å². The van der Waals surface area contributed by atoms with Gasteiger partial charge in [-0.15, -0.1) is 0 Å². The summed E-state index contributed by atoms with van der Waals surface area (Å²) in [5.74, 6) is -0.714. The third-order valence-electron chi connectivity index (χ3n) is 4.93. The number of rotatable bonds is 18. The summed E-state index contributed by atoms with van der Waals surface area (Å²) < 4.78 is 5.65. The number of carbonyl (C=O) groups is 1. The molecular formula is C24H40O3. The third-order valence-corrected chi connectivity index (χ3v) is 4.93. The van der Waals surface area contributed by atoms with Gasteiger partial charge in [0.05, 0.1) is 12.2 Å². The van der Waals surface area contributed by atoms with Crippen LogP contribution >= 0.6 is 0 Å². The zero-order valence-electron chi connectivity index (χ0n) is 17.3. The van der Waals surface area contributed by atoms with Crippen molar-refractivity contribution < 1.29 is 14.6 Å². The molecule has 0 amide bonds. The van der Waals surface area contributed by atoms with Gasteiger partial charge in [0.15, 0.2) is 0 Å². The predicted octanol–water partition coefficient (Wildman–Crippen LogP) is 6.99. The Hall–Kier alpha value is -1.35. The van der Waals surface area contributed by atoms with Crippen molar-refractivity contribution in [3.63, 3.8) is 0 Å². The summed E-state index contributed by atoms with van der Waals surface area (Å²) >= 11 is 0. The Morgan fingerprint density at radius 1 is 0.778 bits per heavy atom. The molecule has 1 fully saturated rings. The Morgan fingerprint density at radius 2 is 1.33 bits per heavy atom. The molecule has 0 bridgehead atoms. The van der Waals surface area contributed by atoms with Gasteiger partial charge in [-0.1, -0.05) is 81.9 Å². The third kappa shape index (κ3) is 15.4. The Bertz CT molecular complexity index is 451. The Morgan fingerprint density at radius 3 is 2.04 bits per heavy atom. The summed E-state index contributed by atoms with van der Waals surface area (Å²) in [6.45, 7) is 2.27. The van der Waals surface area contributed by atoms with Gasteiger partial charge in [-0.25, -0.2) is 0 Å². The first-order chi connectivity index (χ1) is 13.2. The van der Waals surface area contributed by atoms with Crippen LogP contribution in [-0.2, 0) is 9.53 Å². The smallest absolute Gasteiger partial charge is 0.303 e. The second kappa shape index (κ2) is 16.8. The molecule has 1 heterocycles. The molecule has 27 heavy (non-hydrogen) atoms. The van der Waals surface area contributed by atoms with Crippen molar-refractivity contribution in [2.45, 2.75) is 109 Å². The Balaban J connectivity index is 1.87. The van der Waals surface area contributed by atoms with Crippen molar-refractivity contribution in [2.24, 2.45) is 0 Å². The van der Waals surface area contributed by atoms with Gasteiger partial charge in [-0.3, -0.25) is 4.79 Å². The first kappa shape index (κ1) is 23.7. The second-order valence-electron chi connectivity index (χ2n) is 7.53. The molecular weight excluding hydrogens is 336 g/mol. The van der Waals surface area contributed by atoms with E-state index in [0.29, 0.717) is 12.2 Å². The van der Waals surface area contributed by atoms with Gasteiger partial charge in [-0.2, -0.15) is 0 Å². The molecule has 0 aromatic rings. The predicted molar refractivity (Wildman–Crippen MR) is 114 cm³/mol. The molecule has 1 N–H and O–H groups in total. The van der Waals surface area contributed by atoms with Crippen LogP contribution in [0.1, 0.15) is 96.8 Å². The fourth-order valence-electron chi connectivity index (χ4n) is 3.15. The lowest BCUT2D eigenvalue weighted by molar-refractivity contribution is -0.137. The number of ether oxygens (including phenoxy) is 1. The maximum Gasteiger partial charge on any atom is 0.303 e. The van der Waals surface area contributed by atoms with E-state index in [1.807, 2.05) is 0 Å². The summed E-state index contributed by atoms with van der Waals surface area (Å²) in [5, 5.41) is 8.57. The molecule has 1 saturated heterocycles. The number of aliphatic carboxylic acids is 1. The van der Waals surface area contributed by atoms with Gasteiger partial charge in [0.1, 0.15) is 0 Å². The van der Waals surface area contributed by atoms with E-state index < -0.39 is 5.97 Å². The van der Waals surface area contributed by atoms with Gasteiger partial charge in [-0.05, 0) is 44.9 Å². The van der Waals surface area contributed by atoms with Crippen molar-refractivity contribution >= 4 is 5.97 Å². The Labute approximate surface area is 166 Å². The SMILES string of the molecule is CCCCCCCCC/C=C/C/C=C/CC1OC1C/C=C/CCCC(=O)O. The summed E-state index contributed by atoms with van der Waals surface area (Å²) in [6.07, 6.45) is 29.7. The van der Waals surface area contributed by atoms with E-state index in [9.17, 15) is 4.79 Å². The average Bonchev–Trinajstić information content (AvgIpc) is 3.40. The lowest BCUT2D eigenvalue weighted by Gasteiger charge is -1.98. The molecule has 3 nitrogen and oxygen atoms in total. The van der Waals surface area contributed by atoms with E-state index in [4.69, 9.17) is 9.84 Å². The van der Waals surface area contributed by atoms with Crippen molar-refractivity contribution in [3.05, 3.63) is 36.5 Å². The van der Waals surface area contributed by atoms with Gasteiger partial charge in [0, 0.05) is 6.42 Å². The van der Waals surface area contributed by atoms with Crippen LogP contribution in [0.5, 0.6) is 0 Å². The summed E-state index contributed by atoms with van der Waals surface area (Å²) in [5.41, 5.74) is 0. The summed E-state index contributed by atoms with van der Waals surface area (Å²) in [7, 11) is 0. The van der Waals surface area contributed by atoms with Gasteiger partial charge < -0.3 is 9.84 Å². The van der Waals surface area contributed by atoms with E-state index in [1.54, 1.807) is 0 Å². The highest BCUT2D eigenvalue weighted by molar-refractivity contribution is 5.66. The van der Waals surface area contributed by atoms with E-state index in [1.165, 1.54) is 51.4 Å². The molecule has 0 radical (unpaired) electrons. The van der Waals surface area contributed by atoms with Crippen molar-refractivity contribution in [2.75, 3.05) is 0 Å². The molecule has 0 saturated carbocycles. The standard InChI is InChI=1S/C24H40O3/c1-2-3-4-5-6-7-8-9-10-11-12-13-16-19-22-23(27-22)20-17-14-15-18-21-24(25)26/h10-11,13-14,16-17,22-23H,2-9,12,15,18-21H2,1H3,(H,25,26)/b11-10+,16-13+,17-14+. The van der Waals surface area contributed by atoms with Crippen LogP contribution in [0.25, 0.3) is 0 Å². The molecule has 2 unspecified atom stereocenters. The fourth-order valence-corrected chi connectivity index (χ4v) is 3.15. The molecule has 2 atom stereocenters. The van der Waals surface area contributed by atoms with Crippen LogP contribution in [0.15, 0.2) is 36.5 Å². The van der Waals surface area contributed by atoms with Crippen LogP contribution in [0.3, 0.4) is 0 Å². The number of hydrogen-bond donors (Lipinski definition) is 1. The van der Waals surface area contributed by atoms with E-state index in [0.717, 1.165) is 32.1 Å². The summed E-state index contributed by atoms with van der Waals surface area (Å²) in [6, 6.07) is 0. The maximum absolute atomic E-state index is 10.4. The lowest BCUT2D eigenvalue weighted by atomic mass is 10.1. The van der Waals surface area contributed by atoms with Gasteiger partial charge >= 0.3 is 5.97 Å². The van der Waals surface area contributed by atoms with Crippen molar-refractivity contribution in [1.29, 1.82) is 0 Å². The highest BCUT2D eigenvalue weighted by Gasteiger charge is 2.35. The highest BCUT2D eigenvalue weighted by atomic mass is 16.6. The second-order valence-corrected chi connectivity index (χ2v) is 7.53. The first-order valence-corrected chi connectivity index (χ1v) is 11.1. The topological polar surface area (TPSA) is 49.8 Å². The number of carboxylic acid groups (broad SMARTS) is 1. The molecule has 0 aliphatic carbocycles. The lowest BCUT2D eigenvalue weighted by Crippen LogP contribution is -1.93. The average molecular weight is 377 g/mol. The quantitative estimate of drug-likeness (QED) is 0.159. The Kier molecular flexibility index (Phi) is 14.7. The highest BCUT2D eigenvalue weighted by Crippen LogP contribution is 2.29. The number of allylic oxidation sites excluding steroid dienone is 4. The molecule has 1 rings (SSSR count). The van der Waals surface area contributed by atoms with Crippen LogP contribution in [0.2, 0.25) is 0 Å². The molecule has 0 aromatic heterocycles. The minimum atomic E-state index is -0.714. The number of hydrogen-bond acceptors (Lipinski definition) is 2. The van der Waals surface area contributed by atoms with Gasteiger partial charge in [0.25, 0.3) is 0 Å². The van der Waals surface area contributed by atoms with Crippen LogP contribution in [0, 0.1) is 0 Å². The number of epoxide rings is 1. The van der Waals surface area contributed by atoms with E-state index in [-0.39, 0.29) is 6.42 Å².